The van der Waals surface area contributed by atoms with Gasteiger partial charge in [-0.2, -0.15) is 11.8 Å². The fourth-order valence-electron chi connectivity index (χ4n) is 10.2. The van der Waals surface area contributed by atoms with Crippen LogP contribution < -0.4 is 5.32 Å². The Bertz CT molecular complexity index is 1770. The highest BCUT2D eigenvalue weighted by atomic mass is 32.2. The molecule has 3 bridgehead atoms. The molecule has 0 spiro atoms. The van der Waals surface area contributed by atoms with Crippen LogP contribution in [0.3, 0.4) is 0 Å². The molecule has 0 aromatic heterocycles. The number of benzene rings is 1. The van der Waals surface area contributed by atoms with Crippen LogP contribution in [-0.2, 0) is 42.9 Å². The van der Waals surface area contributed by atoms with E-state index < -0.39 is 101 Å². The molecule has 1 amide bonds. The number of ketones is 1. The van der Waals surface area contributed by atoms with Crippen molar-refractivity contribution in [1.82, 2.24) is 5.32 Å². The van der Waals surface area contributed by atoms with Crippen molar-refractivity contribution in [2.75, 3.05) is 18.1 Å². The number of hydrogen-bond donors (Lipinski definition) is 5. The summed E-state index contributed by atoms with van der Waals surface area (Å²) in [4.78, 5) is 69.1. The molecule has 4 fully saturated rings. The van der Waals surface area contributed by atoms with Gasteiger partial charge in [-0.3, -0.25) is 19.2 Å². The summed E-state index contributed by atoms with van der Waals surface area (Å²) in [5, 5.41) is 51.9. The summed E-state index contributed by atoms with van der Waals surface area (Å²) in [5.41, 5.74) is -6.77. The maximum absolute atomic E-state index is 14.9. The normalized spacial score (nSPS) is 39.3. The van der Waals surface area contributed by atoms with E-state index in [1.165, 1.54) is 13.8 Å². The molecule has 2 heterocycles. The first kappa shape index (κ1) is 44.2. The van der Waals surface area contributed by atoms with Crippen molar-refractivity contribution in [2.24, 2.45) is 16.7 Å². The van der Waals surface area contributed by atoms with Crippen LogP contribution in [0.1, 0.15) is 110 Å². The number of fused-ring (bicyclic) bond motifs is 6. The Morgan fingerprint density at radius 1 is 0.914 bits per heavy atom. The van der Waals surface area contributed by atoms with Crippen LogP contribution in [0.15, 0.2) is 41.5 Å². The SMILES string of the molecule is CC(=O)O[C@]12CO[C@@H]1C[C@H](O)[C@@]1(C)C(=O)[C@@H](O)C3=C(C)[C@@H]4C[C@@](O)([C@H](OC(=O)CCCCCSCCCCCC(=O)N[C@H](c5ccccc5)[C@H](O)C(=O)O4)[C@H]21)C3(C)C. The lowest BCUT2D eigenvalue weighted by atomic mass is 9.44. The van der Waals surface area contributed by atoms with Gasteiger partial charge >= 0.3 is 17.9 Å². The number of carbonyl (C=O) groups is 5. The van der Waals surface area contributed by atoms with Gasteiger partial charge < -0.3 is 44.7 Å². The van der Waals surface area contributed by atoms with Crippen LogP contribution in [0.4, 0.5) is 0 Å². The number of ether oxygens (including phenoxy) is 4. The number of aliphatic hydroxyl groups is 4. The predicted molar refractivity (Wildman–Crippen MR) is 211 cm³/mol. The Labute approximate surface area is 343 Å². The molecule has 15 heteroatoms. The van der Waals surface area contributed by atoms with E-state index in [1.807, 2.05) is 0 Å². The lowest BCUT2D eigenvalue weighted by molar-refractivity contribution is -0.347. The topological polar surface area (TPSA) is 215 Å². The largest absolute Gasteiger partial charge is 0.459 e. The molecule has 11 atom stereocenters. The van der Waals surface area contributed by atoms with Crippen LogP contribution in [-0.4, -0.2) is 116 Å². The van der Waals surface area contributed by atoms with Crippen molar-refractivity contribution < 1.29 is 63.3 Å². The molecule has 2 saturated heterocycles. The van der Waals surface area contributed by atoms with Gasteiger partial charge in [-0.1, -0.05) is 57.0 Å². The highest BCUT2D eigenvalue weighted by Crippen LogP contribution is 2.64. The van der Waals surface area contributed by atoms with Crippen molar-refractivity contribution in [3.8, 4) is 0 Å². The van der Waals surface area contributed by atoms with Crippen LogP contribution in [0.25, 0.3) is 0 Å². The van der Waals surface area contributed by atoms with Crippen LogP contribution in [0.2, 0.25) is 0 Å². The van der Waals surface area contributed by atoms with E-state index in [0.717, 1.165) is 37.2 Å². The second kappa shape index (κ2) is 17.3. The molecule has 2 saturated carbocycles. The summed E-state index contributed by atoms with van der Waals surface area (Å²) in [6.07, 6.45) is -5.44. The molecule has 5 N–H and O–H groups in total. The second-order valence-corrected chi connectivity index (χ2v) is 18.7. The monoisotopic (exact) mass is 829 g/mol. The molecule has 2 aliphatic heterocycles. The zero-order valence-electron chi connectivity index (χ0n) is 34.1. The number of hydrogen-bond acceptors (Lipinski definition) is 14. The Morgan fingerprint density at radius 3 is 2.19 bits per heavy atom. The zero-order chi connectivity index (χ0) is 42.2. The molecule has 0 radical (unpaired) electrons. The third-order valence-electron chi connectivity index (χ3n) is 13.6. The molecule has 58 heavy (non-hydrogen) atoms. The number of esters is 3. The molecule has 320 valence electrons. The molecular weight excluding hydrogens is 771 g/mol. The Kier molecular flexibility index (Phi) is 13.2. The maximum atomic E-state index is 14.9. The van der Waals surface area contributed by atoms with Crippen molar-refractivity contribution in [3.63, 3.8) is 0 Å². The van der Waals surface area contributed by atoms with E-state index in [1.54, 1.807) is 62.9 Å². The lowest BCUT2D eigenvalue weighted by Gasteiger charge is -2.67. The van der Waals surface area contributed by atoms with Gasteiger partial charge in [0.1, 0.15) is 30.0 Å². The van der Waals surface area contributed by atoms with Crippen molar-refractivity contribution >= 4 is 41.4 Å². The molecule has 14 nitrogen and oxygen atoms in total. The first-order chi connectivity index (χ1) is 27.4. The summed E-state index contributed by atoms with van der Waals surface area (Å²) in [7, 11) is 0. The van der Waals surface area contributed by atoms with Crippen molar-refractivity contribution in [1.29, 1.82) is 0 Å². The van der Waals surface area contributed by atoms with Gasteiger partial charge in [-0.15, -0.1) is 0 Å². The average molecular weight is 830 g/mol. The third kappa shape index (κ3) is 7.87. The summed E-state index contributed by atoms with van der Waals surface area (Å²) in [6, 6.07) is 7.29. The maximum Gasteiger partial charge on any atom is 0.338 e. The minimum absolute atomic E-state index is 0.00378. The van der Waals surface area contributed by atoms with Gasteiger partial charge in [-0.25, -0.2) is 4.79 Å². The smallest absolute Gasteiger partial charge is 0.338 e. The average Bonchev–Trinajstić information content (AvgIpc) is 3.17. The van der Waals surface area contributed by atoms with Crippen LogP contribution in [0, 0.1) is 16.7 Å². The number of nitrogens with one attached hydrogen (secondary N) is 1. The van der Waals surface area contributed by atoms with E-state index in [9.17, 15) is 44.4 Å². The van der Waals surface area contributed by atoms with Crippen LogP contribution >= 0.6 is 11.8 Å². The minimum Gasteiger partial charge on any atom is -0.459 e. The van der Waals surface area contributed by atoms with Crippen molar-refractivity contribution in [2.45, 2.75) is 153 Å². The number of carbonyl (C=O) groups excluding carboxylic acids is 5. The van der Waals surface area contributed by atoms with Gasteiger partial charge in [0.15, 0.2) is 17.5 Å². The van der Waals surface area contributed by atoms with Gasteiger partial charge in [0.25, 0.3) is 0 Å². The van der Waals surface area contributed by atoms with E-state index >= 15 is 0 Å². The van der Waals surface area contributed by atoms with Gasteiger partial charge in [-0.05, 0) is 67.7 Å². The highest BCUT2D eigenvalue weighted by Gasteiger charge is 2.78. The fourth-order valence-corrected chi connectivity index (χ4v) is 11.3. The number of rotatable bonds is 2. The highest BCUT2D eigenvalue weighted by molar-refractivity contribution is 7.99. The van der Waals surface area contributed by atoms with E-state index in [0.29, 0.717) is 18.4 Å². The van der Waals surface area contributed by atoms with Crippen LogP contribution in [0.5, 0.6) is 0 Å². The Morgan fingerprint density at radius 2 is 1.57 bits per heavy atom. The molecule has 5 aliphatic rings. The van der Waals surface area contributed by atoms with Crippen molar-refractivity contribution in [3.05, 3.63) is 47.0 Å². The zero-order valence-corrected chi connectivity index (χ0v) is 34.9. The second-order valence-electron chi connectivity index (χ2n) is 17.4. The minimum atomic E-state index is -2.26. The quantitative estimate of drug-likeness (QED) is 0.164. The number of thioether (sulfide) groups is 1. The number of amides is 1. The Balaban J connectivity index is 1.48. The number of aliphatic hydroxyl groups excluding tert-OH is 3. The van der Waals surface area contributed by atoms with E-state index in [2.05, 4.69) is 5.32 Å². The summed E-state index contributed by atoms with van der Waals surface area (Å²) < 4.78 is 24.3. The molecule has 1 aromatic rings. The summed E-state index contributed by atoms with van der Waals surface area (Å²) >= 11 is 1.79. The standard InChI is InChI=1S/C43H59NO13S/c1-24-27-22-43(53)38(36-41(5,37(51)34(49)32(24)40(43,3)4)28(46)21-29-42(36,23-54-29)57-25(2)45)56-31(48)18-12-8-14-20-58-19-13-7-11-17-30(47)44-33(35(50)39(52)55-27)26-15-9-6-10-16-26/h6,9-10,15-16,27-29,33-36,38,46,49-50,53H,7-8,11-14,17-23H2,1-5H3,(H,44,47)/t27-,28-,29+,33+,34-,35-,36-,38+,41+,42+,43+/m0/s1. The summed E-state index contributed by atoms with van der Waals surface area (Å²) in [6.45, 7) is 7.12. The van der Waals surface area contributed by atoms with Gasteiger partial charge in [0.05, 0.1) is 30.1 Å². The molecule has 0 unspecified atom stereocenters. The first-order valence-electron chi connectivity index (χ1n) is 20.6. The Hall–Kier alpha value is -3.34. The molecular formula is C43H59NO13S. The fraction of sp³-hybridized carbons (Fsp3) is 0.698. The lowest BCUT2D eigenvalue weighted by Crippen LogP contribution is -2.81. The summed E-state index contributed by atoms with van der Waals surface area (Å²) in [5.74, 6) is -3.44. The predicted octanol–water partition coefficient (Wildman–Crippen LogP) is 3.40. The first-order valence-corrected chi connectivity index (χ1v) is 21.7. The van der Waals surface area contributed by atoms with E-state index in [-0.39, 0.29) is 42.9 Å². The van der Waals surface area contributed by atoms with E-state index in [4.69, 9.17) is 18.9 Å². The van der Waals surface area contributed by atoms with Gasteiger partial charge in [0, 0.05) is 38.0 Å². The van der Waals surface area contributed by atoms with Gasteiger partial charge in [0.2, 0.25) is 5.91 Å². The molecule has 6 rings (SSSR count). The molecule has 1 aromatic carbocycles. The number of Topliss-reactive ketones (excluding diaryl/α,β-unsaturated/α-hetero) is 1. The molecule has 3 aliphatic carbocycles. The third-order valence-corrected chi connectivity index (χ3v) is 14.7.